The normalized spacial score (nSPS) is 14.6. The largest absolute Gasteiger partial charge is 0.445 e. The Hall–Kier alpha value is -8.10. The van der Waals surface area contributed by atoms with E-state index in [1.165, 1.54) is 35.4 Å². The maximum absolute atomic E-state index is 15.7. The van der Waals surface area contributed by atoms with Crippen LogP contribution < -0.4 is 27.4 Å². The van der Waals surface area contributed by atoms with Gasteiger partial charge in [-0.05, 0) is 85.4 Å². The number of nitrogens with two attached hydrogens (primary N) is 2. The van der Waals surface area contributed by atoms with E-state index in [0.29, 0.717) is 79.6 Å². The van der Waals surface area contributed by atoms with E-state index < -0.39 is 41.7 Å². The van der Waals surface area contributed by atoms with Crippen LogP contribution >= 0.6 is 0 Å². The molecule has 0 radical (unpaired) electrons. The lowest BCUT2D eigenvalue weighted by Gasteiger charge is -2.28. The summed E-state index contributed by atoms with van der Waals surface area (Å²) >= 11 is 0. The third-order valence-electron chi connectivity index (χ3n) is 13.7. The second-order valence-electron chi connectivity index (χ2n) is 20.2. The molecule has 0 saturated carbocycles. The van der Waals surface area contributed by atoms with Crippen LogP contribution in [0.5, 0.6) is 0 Å². The van der Waals surface area contributed by atoms with Crippen LogP contribution in [0.2, 0.25) is 0 Å². The summed E-state index contributed by atoms with van der Waals surface area (Å²) in [5.41, 5.74) is 15.1. The van der Waals surface area contributed by atoms with E-state index in [2.05, 4.69) is 25.9 Å². The van der Waals surface area contributed by atoms with Gasteiger partial charge in [-0.3, -0.25) is 43.4 Å². The first kappa shape index (κ1) is 59.1. The molecule has 4 heterocycles. The standard InChI is InChI=1S/C57H71FN10O10/c1-5-21-66(22-6-2)55(75)39-26-38-28-45(58)44(31-48(38)64-50(59)29-39)54(74)63-41-27-40-33-67(24-19-46(40)62-32-41)57(77)78-34-37-15-13-36(14-16-37)25-49(70)47(12-10-20-61-56(60)76)65-53(73)43(35(3)4)30-42(69)11-8-7-9-23-68-51(71)17-18-52(68)72/h13-18,26-28,31-32,35,43,47H,5-12,19-25,29-30,33-34H2,1-4H3,(H2,59,64)(H,63,74)(H,65,73)(H3,60,61,76)/t43-,47-/m0/s1. The Kier molecular flexibility index (Phi) is 21.5. The second-order valence-corrected chi connectivity index (χ2v) is 20.2. The van der Waals surface area contributed by atoms with Gasteiger partial charge in [0.2, 0.25) is 11.8 Å². The highest BCUT2D eigenvalue weighted by molar-refractivity contribution is 6.13. The van der Waals surface area contributed by atoms with Gasteiger partial charge in [0, 0.05) is 99.7 Å². The number of anilines is 1. The van der Waals surface area contributed by atoms with Crippen molar-refractivity contribution in [2.45, 2.75) is 124 Å². The number of primary amides is 1. The highest BCUT2D eigenvalue weighted by atomic mass is 19.1. The Morgan fingerprint density at radius 1 is 0.910 bits per heavy atom. The number of aliphatic imine (C=N–C) groups is 1. The molecule has 2 atom stereocenters. The first-order chi connectivity index (χ1) is 37.3. The zero-order chi connectivity index (χ0) is 56.5. The molecule has 20 nitrogen and oxygen atoms in total. The molecule has 8 amide bonds. The van der Waals surface area contributed by atoms with Crippen molar-refractivity contribution in [2.75, 3.05) is 38.0 Å². The number of nitrogens with zero attached hydrogens (tertiary/aromatic N) is 5. The van der Waals surface area contributed by atoms with Crippen LogP contribution in [0.25, 0.3) is 6.08 Å². The molecule has 3 aromatic rings. The van der Waals surface area contributed by atoms with E-state index >= 15 is 4.39 Å². The zero-order valence-electron chi connectivity index (χ0n) is 44.9. The highest BCUT2D eigenvalue weighted by Crippen LogP contribution is 2.31. The van der Waals surface area contributed by atoms with E-state index in [1.54, 1.807) is 41.3 Å². The number of hydrogen-bond acceptors (Lipinski definition) is 13. The van der Waals surface area contributed by atoms with E-state index in [9.17, 15) is 43.2 Å². The molecule has 416 valence electrons. The van der Waals surface area contributed by atoms with Crippen LogP contribution in [-0.2, 0) is 59.5 Å². The lowest BCUT2D eigenvalue weighted by Crippen LogP contribution is -2.46. The number of ether oxygens (including phenoxy) is 1. The summed E-state index contributed by atoms with van der Waals surface area (Å²) in [5, 5.41) is 8.08. The van der Waals surface area contributed by atoms with Crippen LogP contribution in [0, 0.1) is 17.7 Å². The number of halogens is 1. The molecule has 1 aromatic heterocycles. The van der Waals surface area contributed by atoms with E-state index in [1.807, 2.05) is 27.7 Å². The molecule has 0 spiro atoms. The van der Waals surface area contributed by atoms with E-state index in [4.69, 9.17) is 16.2 Å². The number of Topliss-reactive ketones (excluding diaryl/α,β-unsaturated/α-hetero) is 2. The number of hydrogen-bond donors (Lipinski definition) is 5. The lowest BCUT2D eigenvalue weighted by atomic mass is 9.88. The van der Waals surface area contributed by atoms with Crippen molar-refractivity contribution in [3.05, 3.63) is 106 Å². The minimum absolute atomic E-state index is 0.0202. The van der Waals surface area contributed by atoms with Gasteiger partial charge in [-0.1, -0.05) is 58.4 Å². The predicted octanol–water partition coefficient (Wildman–Crippen LogP) is 6.35. The number of unbranched alkanes of at least 4 members (excludes halogenated alkanes) is 2. The van der Waals surface area contributed by atoms with Crippen LogP contribution in [-0.4, -0.2) is 118 Å². The fourth-order valence-corrected chi connectivity index (χ4v) is 9.46. The number of carbonyl (C=O) groups excluding carboxylic acids is 9. The monoisotopic (exact) mass is 1070 g/mol. The third kappa shape index (κ3) is 16.7. The van der Waals surface area contributed by atoms with Gasteiger partial charge < -0.3 is 42.0 Å². The minimum atomic E-state index is -0.928. The molecule has 0 fully saturated rings. The SMILES string of the molecule is CCCN(CCC)C(=O)C1=Cc2cc(F)c(C(=O)Nc3cnc4c(c3)CN(C(=O)OCc3ccc(CC(=O)[C@H](CCCNC(N)=O)NC(=O)[C@@H](CC(=O)CCCCCN5C(=O)C=CC5=O)C(C)C)cc3)CC4)cc2N=C(N)C1. The zero-order valence-corrected chi connectivity index (χ0v) is 44.9. The number of amides is 8. The molecule has 6 rings (SSSR count). The quantitative estimate of drug-likeness (QED) is 0.0412. The molecule has 3 aliphatic rings. The van der Waals surface area contributed by atoms with Crippen molar-refractivity contribution in [1.29, 1.82) is 0 Å². The Balaban J connectivity index is 1.00. The molecular formula is C57H71FN10O10. The fraction of sp³-hybridized carbons (Fsp3) is 0.456. The van der Waals surface area contributed by atoms with Gasteiger partial charge in [0.15, 0.2) is 5.78 Å². The number of rotatable bonds is 27. The summed E-state index contributed by atoms with van der Waals surface area (Å²) in [6.07, 6.45) is 9.35. The number of carbonyl (C=O) groups is 9. The molecule has 78 heavy (non-hydrogen) atoms. The summed E-state index contributed by atoms with van der Waals surface area (Å²) in [6.45, 7) is 9.60. The van der Waals surface area contributed by atoms with Crippen LogP contribution in [0.3, 0.4) is 0 Å². The molecule has 0 unspecified atom stereocenters. The Morgan fingerprint density at radius 2 is 1.62 bits per heavy atom. The van der Waals surface area contributed by atoms with Gasteiger partial charge in [0.25, 0.3) is 17.7 Å². The fourth-order valence-electron chi connectivity index (χ4n) is 9.46. The average molecular weight is 1080 g/mol. The predicted molar refractivity (Wildman–Crippen MR) is 290 cm³/mol. The number of nitrogens with one attached hydrogen (secondary N) is 3. The second kappa shape index (κ2) is 28.3. The van der Waals surface area contributed by atoms with Crippen LogP contribution in [0.1, 0.15) is 130 Å². The number of fused-ring (bicyclic) bond motifs is 2. The van der Waals surface area contributed by atoms with Crippen molar-refractivity contribution >= 4 is 76.5 Å². The van der Waals surface area contributed by atoms with Crippen molar-refractivity contribution in [3.63, 3.8) is 0 Å². The topological polar surface area (TPSA) is 286 Å². The maximum Gasteiger partial charge on any atom is 0.410 e. The number of urea groups is 1. The third-order valence-corrected chi connectivity index (χ3v) is 13.7. The molecule has 3 aliphatic heterocycles. The number of ketones is 2. The number of pyridine rings is 1. The van der Waals surface area contributed by atoms with Gasteiger partial charge >= 0.3 is 12.1 Å². The van der Waals surface area contributed by atoms with Gasteiger partial charge in [-0.15, -0.1) is 0 Å². The number of amidine groups is 1. The average Bonchev–Trinajstić information content (AvgIpc) is 3.62. The summed E-state index contributed by atoms with van der Waals surface area (Å²) in [5.74, 6) is -4.07. The molecular weight excluding hydrogens is 1000 g/mol. The van der Waals surface area contributed by atoms with Crippen molar-refractivity contribution in [2.24, 2.45) is 28.3 Å². The summed E-state index contributed by atoms with van der Waals surface area (Å²) < 4.78 is 21.3. The van der Waals surface area contributed by atoms with Crippen molar-refractivity contribution in [1.82, 2.24) is 30.3 Å². The molecule has 0 saturated heterocycles. The Labute approximate surface area is 453 Å². The maximum atomic E-state index is 15.7. The van der Waals surface area contributed by atoms with E-state index in [-0.39, 0.29) is 116 Å². The summed E-state index contributed by atoms with van der Waals surface area (Å²) in [7, 11) is 0. The van der Waals surface area contributed by atoms with Crippen molar-refractivity contribution < 1.29 is 52.3 Å². The molecule has 0 aliphatic carbocycles. The molecule has 2 aromatic carbocycles. The molecule has 7 N–H and O–H groups in total. The Morgan fingerprint density at radius 3 is 2.29 bits per heavy atom. The number of imide groups is 1. The van der Waals surface area contributed by atoms with E-state index in [0.717, 1.165) is 23.4 Å². The van der Waals surface area contributed by atoms with Gasteiger partial charge in [0.05, 0.1) is 35.7 Å². The van der Waals surface area contributed by atoms with Crippen molar-refractivity contribution in [3.8, 4) is 0 Å². The molecule has 21 heteroatoms. The van der Waals surface area contributed by atoms with Gasteiger partial charge in [-0.25, -0.2) is 19.0 Å². The first-order valence-electron chi connectivity index (χ1n) is 26.7. The lowest BCUT2D eigenvalue weighted by molar-refractivity contribution is -0.137. The number of benzene rings is 2. The minimum Gasteiger partial charge on any atom is -0.445 e. The highest BCUT2D eigenvalue weighted by Gasteiger charge is 2.31. The number of aromatic nitrogens is 1. The molecule has 0 bridgehead atoms. The summed E-state index contributed by atoms with van der Waals surface area (Å²) in [6, 6.07) is 9.41. The smallest absolute Gasteiger partial charge is 0.410 e. The van der Waals surface area contributed by atoms with Crippen LogP contribution in [0.4, 0.5) is 25.4 Å². The van der Waals surface area contributed by atoms with Crippen LogP contribution in [0.15, 0.2) is 71.4 Å². The first-order valence-corrected chi connectivity index (χ1v) is 26.7. The summed E-state index contributed by atoms with van der Waals surface area (Å²) in [4.78, 5) is 129. The van der Waals surface area contributed by atoms with Gasteiger partial charge in [-0.2, -0.15) is 0 Å². The Bertz CT molecular complexity index is 2820. The van der Waals surface area contributed by atoms with Gasteiger partial charge in [0.1, 0.15) is 24.0 Å².